The highest BCUT2D eigenvalue weighted by molar-refractivity contribution is 7.89. The van der Waals surface area contributed by atoms with Crippen LogP contribution in [0.1, 0.15) is 13.3 Å². The molecular weight excluding hydrogens is 164 g/mol. The lowest BCUT2D eigenvalue weighted by Gasteiger charge is -2.01. The number of sulfonamides is 1. The van der Waals surface area contributed by atoms with Gasteiger partial charge < -0.3 is 5.32 Å². The van der Waals surface area contributed by atoms with Crippen molar-refractivity contribution in [2.75, 3.05) is 25.9 Å². The van der Waals surface area contributed by atoms with Gasteiger partial charge in [-0.2, -0.15) is 0 Å². The topological polar surface area (TPSA) is 58.2 Å². The van der Waals surface area contributed by atoms with Crippen LogP contribution in [0.2, 0.25) is 0 Å². The van der Waals surface area contributed by atoms with Crippen LogP contribution in [-0.2, 0) is 10.0 Å². The second-order valence-electron chi connectivity index (χ2n) is 2.23. The van der Waals surface area contributed by atoms with Crippen LogP contribution in [0.25, 0.3) is 0 Å². The van der Waals surface area contributed by atoms with Gasteiger partial charge in [-0.25, -0.2) is 13.1 Å². The molecule has 0 aliphatic heterocycles. The third-order valence-electron chi connectivity index (χ3n) is 1.33. The van der Waals surface area contributed by atoms with Crippen LogP contribution in [0, 0.1) is 0 Å². The highest BCUT2D eigenvalue weighted by Crippen LogP contribution is 1.85. The molecule has 0 atom stereocenters. The van der Waals surface area contributed by atoms with E-state index in [2.05, 4.69) is 10.0 Å². The summed E-state index contributed by atoms with van der Waals surface area (Å²) in [6.45, 7) is 3.64. The SMILES string of the molecule is CCNCCCS(=O)(=O)NC. The summed E-state index contributed by atoms with van der Waals surface area (Å²) in [5, 5.41) is 3.05. The summed E-state index contributed by atoms with van der Waals surface area (Å²) in [5.74, 6) is 0.205. The van der Waals surface area contributed by atoms with Crippen molar-refractivity contribution in [3.63, 3.8) is 0 Å². The third-order valence-corrected chi connectivity index (χ3v) is 2.78. The molecule has 0 fully saturated rings. The Hall–Kier alpha value is -0.130. The summed E-state index contributed by atoms with van der Waals surface area (Å²) in [4.78, 5) is 0. The van der Waals surface area contributed by atoms with Crippen LogP contribution in [0.4, 0.5) is 0 Å². The largest absolute Gasteiger partial charge is 0.317 e. The second-order valence-corrected chi connectivity index (χ2v) is 4.28. The average Bonchev–Trinajstić information content (AvgIpc) is 1.99. The minimum Gasteiger partial charge on any atom is -0.317 e. The zero-order valence-electron chi connectivity index (χ0n) is 7.05. The van der Waals surface area contributed by atoms with Crippen molar-refractivity contribution in [3.8, 4) is 0 Å². The van der Waals surface area contributed by atoms with E-state index in [0.29, 0.717) is 6.42 Å². The van der Waals surface area contributed by atoms with Gasteiger partial charge in [-0.15, -0.1) is 0 Å². The maximum absolute atomic E-state index is 10.8. The molecule has 0 saturated heterocycles. The van der Waals surface area contributed by atoms with E-state index in [1.54, 1.807) is 0 Å². The molecule has 0 aromatic heterocycles. The van der Waals surface area contributed by atoms with Crippen LogP contribution >= 0.6 is 0 Å². The lowest BCUT2D eigenvalue weighted by atomic mass is 10.5. The number of hydrogen-bond donors (Lipinski definition) is 2. The van der Waals surface area contributed by atoms with Crippen LogP contribution in [0.3, 0.4) is 0 Å². The maximum atomic E-state index is 10.8. The Bertz CT molecular complexity index is 177. The summed E-state index contributed by atoms with van der Waals surface area (Å²) >= 11 is 0. The molecule has 0 bridgehead atoms. The smallest absolute Gasteiger partial charge is 0.211 e. The predicted octanol–water partition coefficient (Wildman–Crippen LogP) is -0.465. The fraction of sp³-hybridized carbons (Fsp3) is 1.00. The predicted molar refractivity (Wildman–Crippen MR) is 46.0 cm³/mol. The fourth-order valence-corrected chi connectivity index (χ4v) is 1.39. The summed E-state index contributed by atoms with van der Waals surface area (Å²) < 4.78 is 23.9. The van der Waals surface area contributed by atoms with E-state index in [-0.39, 0.29) is 5.75 Å². The molecule has 11 heavy (non-hydrogen) atoms. The Morgan fingerprint density at radius 1 is 1.36 bits per heavy atom. The molecule has 4 nitrogen and oxygen atoms in total. The lowest BCUT2D eigenvalue weighted by Crippen LogP contribution is -2.25. The van der Waals surface area contributed by atoms with Crippen molar-refractivity contribution in [1.82, 2.24) is 10.0 Å². The van der Waals surface area contributed by atoms with Gasteiger partial charge in [0, 0.05) is 0 Å². The first kappa shape index (κ1) is 10.9. The van der Waals surface area contributed by atoms with Crippen molar-refractivity contribution in [1.29, 1.82) is 0 Å². The van der Waals surface area contributed by atoms with Crippen molar-refractivity contribution in [2.24, 2.45) is 0 Å². The van der Waals surface area contributed by atoms with Gasteiger partial charge in [0.25, 0.3) is 0 Å². The molecule has 68 valence electrons. The molecule has 0 rings (SSSR count). The number of hydrogen-bond acceptors (Lipinski definition) is 3. The van der Waals surface area contributed by atoms with E-state index < -0.39 is 10.0 Å². The van der Waals surface area contributed by atoms with E-state index >= 15 is 0 Å². The Morgan fingerprint density at radius 3 is 2.45 bits per heavy atom. The van der Waals surface area contributed by atoms with Crippen molar-refractivity contribution >= 4 is 10.0 Å². The van der Waals surface area contributed by atoms with Gasteiger partial charge in [-0.05, 0) is 26.6 Å². The second kappa shape index (κ2) is 5.51. The summed E-state index contributed by atoms with van der Waals surface area (Å²) in [5.41, 5.74) is 0. The molecule has 0 aromatic rings. The van der Waals surface area contributed by atoms with Crippen molar-refractivity contribution < 1.29 is 8.42 Å². The Balaban J connectivity index is 3.39. The van der Waals surface area contributed by atoms with Crippen molar-refractivity contribution in [3.05, 3.63) is 0 Å². The highest BCUT2D eigenvalue weighted by atomic mass is 32.2. The molecule has 0 aromatic carbocycles. The van der Waals surface area contributed by atoms with Gasteiger partial charge in [-0.3, -0.25) is 0 Å². The summed E-state index contributed by atoms with van der Waals surface area (Å²) in [7, 11) is -1.56. The minimum atomic E-state index is -2.99. The molecule has 0 aliphatic rings. The molecule has 0 saturated carbocycles. The van der Waals surface area contributed by atoms with Gasteiger partial charge in [0.1, 0.15) is 0 Å². The first-order valence-corrected chi connectivity index (χ1v) is 5.39. The first-order chi connectivity index (χ1) is 5.12. The first-order valence-electron chi connectivity index (χ1n) is 3.74. The Labute approximate surface area is 68.4 Å². The van der Waals surface area contributed by atoms with E-state index in [9.17, 15) is 8.42 Å². The molecule has 0 heterocycles. The minimum absolute atomic E-state index is 0.205. The zero-order valence-corrected chi connectivity index (χ0v) is 7.87. The van der Waals surface area contributed by atoms with E-state index in [4.69, 9.17) is 0 Å². The van der Waals surface area contributed by atoms with E-state index in [0.717, 1.165) is 13.1 Å². The van der Waals surface area contributed by atoms with Gasteiger partial charge in [0.05, 0.1) is 5.75 Å². The Kier molecular flexibility index (Phi) is 5.45. The molecule has 0 unspecified atom stereocenters. The molecule has 2 N–H and O–H groups in total. The van der Waals surface area contributed by atoms with Crippen LogP contribution in [0.15, 0.2) is 0 Å². The van der Waals surface area contributed by atoms with Gasteiger partial charge in [0.2, 0.25) is 10.0 Å². The third kappa shape index (κ3) is 6.28. The number of rotatable bonds is 6. The van der Waals surface area contributed by atoms with Crippen LogP contribution < -0.4 is 10.0 Å². The lowest BCUT2D eigenvalue weighted by molar-refractivity contribution is 0.582. The molecule has 0 spiro atoms. The van der Waals surface area contributed by atoms with Crippen LogP contribution in [0.5, 0.6) is 0 Å². The average molecular weight is 180 g/mol. The zero-order chi connectivity index (χ0) is 8.74. The van der Waals surface area contributed by atoms with E-state index in [1.165, 1.54) is 7.05 Å². The van der Waals surface area contributed by atoms with Gasteiger partial charge in [0.15, 0.2) is 0 Å². The summed E-state index contributed by atoms with van der Waals surface area (Å²) in [6.07, 6.45) is 0.664. The standard InChI is InChI=1S/C6H16N2O2S/c1-3-8-5-4-6-11(9,10)7-2/h7-8H,3-6H2,1-2H3. The van der Waals surface area contributed by atoms with Crippen LogP contribution in [-0.4, -0.2) is 34.3 Å². The Morgan fingerprint density at radius 2 is 2.00 bits per heavy atom. The normalized spacial score (nSPS) is 11.8. The van der Waals surface area contributed by atoms with Gasteiger partial charge >= 0.3 is 0 Å². The fourth-order valence-electron chi connectivity index (χ4n) is 0.666. The molecule has 0 aliphatic carbocycles. The molecule has 5 heteroatoms. The van der Waals surface area contributed by atoms with Crippen molar-refractivity contribution in [2.45, 2.75) is 13.3 Å². The summed E-state index contributed by atoms with van der Waals surface area (Å²) in [6, 6.07) is 0. The highest BCUT2D eigenvalue weighted by Gasteiger charge is 2.04. The molecular formula is C6H16N2O2S. The molecule has 0 radical (unpaired) electrons. The quantitative estimate of drug-likeness (QED) is 0.544. The monoisotopic (exact) mass is 180 g/mol. The van der Waals surface area contributed by atoms with E-state index in [1.807, 2.05) is 6.92 Å². The number of nitrogens with one attached hydrogen (secondary N) is 2. The van der Waals surface area contributed by atoms with Gasteiger partial charge in [-0.1, -0.05) is 6.92 Å². The molecule has 0 amide bonds. The maximum Gasteiger partial charge on any atom is 0.211 e.